The molecule has 0 aliphatic rings. The average Bonchev–Trinajstić information content (AvgIpc) is 2.75. The van der Waals surface area contributed by atoms with Crippen LogP contribution in [0.2, 0.25) is 10.0 Å². The van der Waals surface area contributed by atoms with Crippen LogP contribution in [0.5, 0.6) is 0 Å². The molecule has 0 saturated heterocycles. The normalized spacial score (nSPS) is 11.8. The zero-order valence-corrected chi connectivity index (χ0v) is 19.4. The molecule has 2 rings (SSSR count). The number of halogens is 2. The molecule has 0 aromatic heterocycles. The maximum atomic E-state index is 13.1. The molecule has 2 amide bonds. The van der Waals surface area contributed by atoms with Crippen molar-refractivity contribution in [3.63, 3.8) is 0 Å². The van der Waals surface area contributed by atoms with Gasteiger partial charge in [-0.25, -0.2) is 0 Å². The van der Waals surface area contributed by atoms with Crippen LogP contribution in [0.25, 0.3) is 0 Å². The van der Waals surface area contributed by atoms with Gasteiger partial charge in [0.15, 0.2) is 0 Å². The van der Waals surface area contributed by atoms with Crippen molar-refractivity contribution in [2.75, 3.05) is 6.54 Å². The van der Waals surface area contributed by atoms with E-state index in [0.717, 1.165) is 18.4 Å². The molecular formula is C24H30Cl2N2O2. The minimum Gasteiger partial charge on any atom is -0.354 e. The van der Waals surface area contributed by atoms with E-state index < -0.39 is 6.04 Å². The van der Waals surface area contributed by atoms with E-state index in [0.29, 0.717) is 35.0 Å². The Morgan fingerprint density at radius 2 is 1.60 bits per heavy atom. The first-order valence-electron chi connectivity index (χ1n) is 10.4. The van der Waals surface area contributed by atoms with E-state index in [1.807, 2.05) is 6.92 Å². The van der Waals surface area contributed by atoms with Gasteiger partial charge in [0.25, 0.3) is 0 Å². The number of benzene rings is 2. The first kappa shape index (κ1) is 24.2. The number of rotatable bonds is 10. The maximum Gasteiger partial charge on any atom is 0.242 e. The predicted octanol–water partition coefficient (Wildman–Crippen LogP) is 5.43. The Morgan fingerprint density at radius 1 is 1.00 bits per heavy atom. The minimum absolute atomic E-state index is 0.107. The second kappa shape index (κ2) is 12.0. The van der Waals surface area contributed by atoms with Crippen molar-refractivity contribution in [1.29, 1.82) is 0 Å². The van der Waals surface area contributed by atoms with Gasteiger partial charge in [-0.3, -0.25) is 9.59 Å². The third-order valence-corrected chi connectivity index (χ3v) is 5.87. The molecule has 0 bridgehead atoms. The molecule has 1 atom stereocenters. The molecule has 0 aliphatic heterocycles. The topological polar surface area (TPSA) is 49.4 Å². The van der Waals surface area contributed by atoms with Crippen LogP contribution < -0.4 is 5.32 Å². The van der Waals surface area contributed by atoms with Gasteiger partial charge < -0.3 is 10.2 Å². The van der Waals surface area contributed by atoms with E-state index in [4.69, 9.17) is 23.2 Å². The number of amides is 2. The summed E-state index contributed by atoms with van der Waals surface area (Å²) in [5.74, 6) is -0.287. The summed E-state index contributed by atoms with van der Waals surface area (Å²) in [6.07, 6.45) is 2.73. The number of hydrogen-bond acceptors (Lipinski definition) is 2. The lowest BCUT2D eigenvalue weighted by Gasteiger charge is -2.29. The van der Waals surface area contributed by atoms with Crippen LogP contribution in [-0.4, -0.2) is 29.3 Å². The van der Waals surface area contributed by atoms with E-state index in [-0.39, 0.29) is 18.4 Å². The quantitative estimate of drug-likeness (QED) is 0.526. The van der Waals surface area contributed by atoms with Crippen molar-refractivity contribution >= 4 is 35.0 Å². The molecule has 0 spiro atoms. The fourth-order valence-corrected chi connectivity index (χ4v) is 3.69. The lowest BCUT2D eigenvalue weighted by atomic mass is 10.0. The van der Waals surface area contributed by atoms with Gasteiger partial charge in [-0.05, 0) is 49.4 Å². The molecule has 6 heteroatoms. The molecule has 1 unspecified atom stereocenters. The fraction of sp³-hybridized carbons (Fsp3) is 0.417. The summed E-state index contributed by atoms with van der Waals surface area (Å²) >= 11 is 12.6. The zero-order chi connectivity index (χ0) is 22.1. The Kier molecular flexibility index (Phi) is 9.67. The summed E-state index contributed by atoms with van der Waals surface area (Å²) in [6.45, 7) is 6.60. The van der Waals surface area contributed by atoms with Crippen LogP contribution in [-0.2, 0) is 29.0 Å². The number of aryl methyl sites for hydroxylation is 2. The highest BCUT2D eigenvalue weighted by Crippen LogP contribution is 2.27. The Balaban J connectivity index is 2.18. The van der Waals surface area contributed by atoms with E-state index in [1.54, 1.807) is 30.0 Å². The molecule has 2 aromatic rings. The van der Waals surface area contributed by atoms with E-state index in [2.05, 4.69) is 36.5 Å². The van der Waals surface area contributed by atoms with Crippen LogP contribution in [0.3, 0.4) is 0 Å². The van der Waals surface area contributed by atoms with Gasteiger partial charge in [0, 0.05) is 35.1 Å². The van der Waals surface area contributed by atoms with Gasteiger partial charge in [0.1, 0.15) is 6.04 Å². The first-order valence-corrected chi connectivity index (χ1v) is 11.2. The van der Waals surface area contributed by atoms with Crippen LogP contribution in [0, 0.1) is 0 Å². The highest BCUT2D eigenvalue weighted by atomic mass is 35.5. The Labute approximate surface area is 189 Å². The molecule has 0 fully saturated rings. The van der Waals surface area contributed by atoms with Crippen LogP contribution in [0.4, 0.5) is 0 Å². The van der Waals surface area contributed by atoms with Gasteiger partial charge in [0.05, 0.1) is 0 Å². The number of hydrogen-bond donors (Lipinski definition) is 1. The van der Waals surface area contributed by atoms with E-state index in [1.165, 1.54) is 5.56 Å². The number of nitrogens with one attached hydrogen (secondary N) is 1. The second-order valence-corrected chi connectivity index (χ2v) is 8.17. The van der Waals surface area contributed by atoms with Gasteiger partial charge >= 0.3 is 0 Å². The number of carbonyl (C=O) groups is 2. The summed E-state index contributed by atoms with van der Waals surface area (Å²) in [5.41, 5.74) is 3.01. The molecule has 30 heavy (non-hydrogen) atoms. The summed E-state index contributed by atoms with van der Waals surface area (Å²) < 4.78 is 0. The van der Waals surface area contributed by atoms with Crippen molar-refractivity contribution in [1.82, 2.24) is 10.2 Å². The molecule has 0 aliphatic carbocycles. The maximum absolute atomic E-state index is 13.1. The van der Waals surface area contributed by atoms with Crippen molar-refractivity contribution in [3.8, 4) is 0 Å². The molecule has 0 radical (unpaired) electrons. The Morgan fingerprint density at radius 3 is 2.17 bits per heavy atom. The third kappa shape index (κ3) is 6.75. The lowest BCUT2D eigenvalue weighted by Crippen LogP contribution is -2.47. The van der Waals surface area contributed by atoms with Crippen molar-refractivity contribution in [2.45, 2.75) is 59.0 Å². The Hall–Kier alpha value is -2.04. The molecular weight excluding hydrogens is 419 g/mol. The highest BCUT2D eigenvalue weighted by molar-refractivity contribution is 6.36. The van der Waals surface area contributed by atoms with E-state index in [9.17, 15) is 9.59 Å². The second-order valence-electron chi connectivity index (χ2n) is 7.36. The van der Waals surface area contributed by atoms with Gasteiger partial charge in [-0.1, -0.05) is 67.4 Å². The van der Waals surface area contributed by atoms with Gasteiger partial charge in [-0.2, -0.15) is 0 Å². The average molecular weight is 449 g/mol. The summed E-state index contributed by atoms with van der Waals surface area (Å²) in [7, 11) is 0. The predicted molar refractivity (Wildman–Crippen MR) is 124 cm³/mol. The van der Waals surface area contributed by atoms with Crippen molar-refractivity contribution < 1.29 is 9.59 Å². The van der Waals surface area contributed by atoms with Crippen LogP contribution in [0.15, 0.2) is 42.5 Å². The third-order valence-electron chi connectivity index (χ3n) is 5.17. The number of carbonyl (C=O) groups excluding carboxylic acids is 2. The van der Waals surface area contributed by atoms with E-state index >= 15 is 0 Å². The highest BCUT2D eigenvalue weighted by Gasteiger charge is 2.27. The smallest absolute Gasteiger partial charge is 0.242 e. The van der Waals surface area contributed by atoms with Gasteiger partial charge in [-0.15, -0.1) is 0 Å². The van der Waals surface area contributed by atoms with Crippen LogP contribution in [0.1, 0.15) is 50.3 Å². The molecule has 162 valence electrons. The van der Waals surface area contributed by atoms with Crippen molar-refractivity contribution in [2.24, 2.45) is 0 Å². The number of nitrogens with zero attached hydrogens (tertiary/aromatic N) is 1. The minimum atomic E-state index is -0.626. The lowest BCUT2D eigenvalue weighted by molar-refractivity contribution is -0.140. The zero-order valence-electron chi connectivity index (χ0n) is 17.9. The fourth-order valence-electron chi connectivity index (χ4n) is 3.17. The summed E-state index contributed by atoms with van der Waals surface area (Å²) in [6, 6.07) is 12.9. The first-order chi connectivity index (χ1) is 14.4. The summed E-state index contributed by atoms with van der Waals surface area (Å²) in [5, 5.41) is 3.84. The standard InChI is InChI=1S/C24H30Cl2N2O2/c1-4-15-27-24(30)17(3)28(16-20-21(25)7-6-8-22(20)26)23(29)14-13-19-11-9-18(5-2)10-12-19/h6-12,17H,4-5,13-16H2,1-3H3,(H,27,30). The summed E-state index contributed by atoms with van der Waals surface area (Å²) in [4.78, 5) is 27.3. The molecule has 0 heterocycles. The van der Waals surface area contributed by atoms with Crippen molar-refractivity contribution in [3.05, 3.63) is 69.2 Å². The monoisotopic (exact) mass is 448 g/mol. The van der Waals surface area contributed by atoms with Crippen LogP contribution >= 0.6 is 23.2 Å². The SMILES string of the molecule is CCCNC(=O)C(C)N(Cc1c(Cl)cccc1Cl)C(=O)CCc1ccc(CC)cc1. The molecule has 0 saturated carbocycles. The molecule has 4 nitrogen and oxygen atoms in total. The largest absolute Gasteiger partial charge is 0.354 e. The molecule has 1 N–H and O–H groups in total. The molecule has 2 aromatic carbocycles. The Bertz CT molecular complexity index is 833. The van der Waals surface area contributed by atoms with Gasteiger partial charge in [0.2, 0.25) is 11.8 Å².